The molecule has 1 N–H and O–H groups in total. The molecule has 0 aliphatic carbocycles. The first-order valence-corrected chi connectivity index (χ1v) is 12.8. The Balaban J connectivity index is 1.32. The second-order valence-corrected chi connectivity index (χ2v) is 9.79. The van der Waals surface area contributed by atoms with Gasteiger partial charge in [-0.2, -0.15) is 0 Å². The van der Waals surface area contributed by atoms with Gasteiger partial charge in [0.2, 0.25) is 11.9 Å². The lowest BCUT2D eigenvalue weighted by atomic mass is 10.1. The van der Waals surface area contributed by atoms with Crippen LogP contribution >= 0.6 is 0 Å². The van der Waals surface area contributed by atoms with Crippen molar-refractivity contribution in [3.8, 4) is 17.0 Å². The number of imidazole rings is 1. The van der Waals surface area contributed by atoms with Gasteiger partial charge in [-0.1, -0.05) is 6.07 Å². The van der Waals surface area contributed by atoms with E-state index in [0.29, 0.717) is 48.1 Å². The summed E-state index contributed by atoms with van der Waals surface area (Å²) in [5.41, 5.74) is 3.82. The first-order chi connectivity index (χ1) is 18.8. The number of nitrogens with one attached hydrogen (secondary N) is 1. The number of carbonyl (C=O) groups is 2. The van der Waals surface area contributed by atoms with Crippen LogP contribution in [0.5, 0.6) is 5.75 Å². The van der Waals surface area contributed by atoms with Gasteiger partial charge < -0.3 is 15.0 Å². The third-order valence-electron chi connectivity index (χ3n) is 7.14. The van der Waals surface area contributed by atoms with Crippen LogP contribution in [0.15, 0.2) is 43.0 Å². The van der Waals surface area contributed by atoms with Crippen molar-refractivity contribution in [3.63, 3.8) is 0 Å². The van der Waals surface area contributed by atoms with Crippen LogP contribution in [0.3, 0.4) is 0 Å². The molecule has 2 aliphatic rings. The van der Waals surface area contributed by atoms with Crippen LogP contribution in [0.2, 0.25) is 0 Å². The molecule has 6 rings (SSSR count). The predicted molar refractivity (Wildman–Crippen MR) is 141 cm³/mol. The number of hydrogen-bond donors (Lipinski definition) is 1. The largest absolute Gasteiger partial charge is 0.476 e. The second-order valence-electron chi connectivity index (χ2n) is 9.79. The molecule has 0 saturated carbocycles. The molecule has 39 heavy (non-hydrogen) atoms. The van der Waals surface area contributed by atoms with E-state index in [0.717, 1.165) is 11.4 Å². The quantitative estimate of drug-likeness (QED) is 0.428. The first kappa shape index (κ1) is 24.7. The molecule has 2 amide bonds. The van der Waals surface area contributed by atoms with E-state index in [-0.39, 0.29) is 30.2 Å². The monoisotopic (exact) mass is 530 g/mol. The van der Waals surface area contributed by atoms with Crippen LogP contribution in [0.4, 0.5) is 16.0 Å². The number of benzene rings is 1. The Morgan fingerprint density at radius 1 is 1.13 bits per heavy atom. The van der Waals surface area contributed by atoms with E-state index < -0.39 is 11.9 Å². The van der Waals surface area contributed by atoms with Gasteiger partial charge in [-0.15, -0.1) is 0 Å². The van der Waals surface area contributed by atoms with Crippen LogP contribution in [0, 0.1) is 12.7 Å². The average molecular weight is 531 g/mol. The van der Waals surface area contributed by atoms with Crippen molar-refractivity contribution in [2.75, 3.05) is 22.9 Å². The molecule has 2 aliphatic heterocycles. The Labute approximate surface area is 223 Å². The van der Waals surface area contributed by atoms with Crippen molar-refractivity contribution in [3.05, 3.63) is 60.2 Å². The number of aromatic nitrogens is 5. The van der Waals surface area contributed by atoms with Gasteiger partial charge in [0.05, 0.1) is 35.5 Å². The highest BCUT2D eigenvalue weighted by Crippen LogP contribution is 2.37. The zero-order valence-electron chi connectivity index (χ0n) is 21.8. The van der Waals surface area contributed by atoms with Crippen LogP contribution in [0.25, 0.3) is 16.9 Å². The molecule has 2 atom stereocenters. The molecule has 0 spiro atoms. The Morgan fingerprint density at radius 2 is 1.92 bits per heavy atom. The summed E-state index contributed by atoms with van der Waals surface area (Å²) in [7, 11) is 0. The fourth-order valence-corrected chi connectivity index (χ4v) is 5.05. The molecule has 5 heterocycles. The summed E-state index contributed by atoms with van der Waals surface area (Å²) in [5.74, 6) is -0.143. The van der Waals surface area contributed by atoms with Crippen molar-refractivity contribution < 1.29 is 18.7 Å². The van der Waals surface area contributed by atoms with E-state index in [1.807, 2.05) is 29.3 Å². The number of fused-ring (bicyclic) bond motifs is 2. The highest BCUT2D eigenvalue weighted by Gasteiger charge is 2.34. The number of rotatable bonds is 4. The average Bonchev–Trinajstić information content (AvgIpc) is 3.12. The van der Waals surface area contributed by atoms with E-state index >= 15 is 0 Å². The third-order valence-corrected chi connectivity index (χ3v) is 7.14. The predicted octanol–water partition coefficient (Wildman–Crippen LogP) is 2.66. The SMILES string of the molecule is Cc1nc2cnc(-c3cnc(N4CCNC(=O)CC4C)nc3)cn2c1CN1C(=O)[C@@H](C)Oc2c(F)cccc21. The van der Waals surface area contributed by atoms with E-state index in [1.54, 1.807) is 37.6 Å². The number of ether oxygens (including phenoxy) is 1. The third kappa shape index (κ3) is 4.41. The van der Waals surface area contributed by atoms with Gasteiger partial charge in [0.1, 0.15) is 0 Å². The van der Waals surface area contributed by atoms with Gasteiger partial charge >= 0.3 is 0 Å². The van der Waals surface area contributed by atoms with Crippen LogP contribution < -0.4 is 19.9 Å². The van der Waals surface area contributed by atoms with Crippen LogP contribution in [0.1, 0.15) is 31.7 Å². The van der Waals surface area contributed by atoms with Gasteiger partial charge in [0, 0.05) is 49.7 Å². The number of amides is 2. The maximum atomic E-state index is 14.5. The number of aryl methyl sites for hydroxylation is 1. The topological polar surface area (TPSA) is 118 Å². The summed E-state index contributed by atoms with van der Waals surface area (Å²) in [4.78, 5) is 46.7. The second kappa shape index (κ2) is 9.61. The summed E-state index contributed by atoms with van der Waals surface area (Å²) in [6, 6.07) is 4.52. The van der Waals surface area contributed by atoms with Crippen molar-refractivity contribution in [1.29, 1.82) is 0 Å². The molecule has 0 radical (unpaired) electrons. The van der Waals surface area contributed by atoms with Gasteiger partial charge in [-0.3, -0.25) is 23.9 Å². The molecule has 11 nitrogen and oxygen atoms in total. The summed E-state index contributed by atoms with van der Waals surface area (Å²) in [6.07, 6.45) is 6.47. The first-order valence-electron chi connectivity index (χ1n) is 12.8. The van der Waals surface area contributed by atoms with Gasteiger partial charge in [0.25, 0.3) is 5.91 Å². The van der Waals surface area contributed by atoms with Crippen LogP contribution in [-0.2, 0) is 16.1 Å². The molecule has 12 heteroatoms. The number of anilines is 2. The van der Waals surface area contributed by atoms with Crippen molar-refractivity contribution in [1.82, 2.24) is 29.7 Å². The standard InChI is InChI=1S/C27H27FN8O3/c1-15-9-24(37)29-7-8-34(15)27-31-10-18(11-32-27)20-13-35-22(16(2)33-23(35)12-30-20)14-36-21-6-4-5-19(28)25(21)39-17(3)26(36)38/h4-6,10-13,15,17H,7-9,14H2,1-3H3,(H,29,37)/t15?,17-/m1/s1. The molecule has 1 fully saturated rings. The molecule has 1 unspecified atom stereocenters. The molecule has 1 aromatic carbocycles. The van der Waals surface area contributed by atoms with Crippen LogP contribution in [-0.4, -0.2) is 61.4 Å². The maximum Gasteiger partial charge on any atom is 0.268 e. The Bertz CT molecular complexity index is 1590. The molecular weight excluding hydrogens is 503 g/mol. The summed E-state index contributed by atoms with van der Waals surface area (Å²) in [6.45, 7) is 6.79. The van der Waals surface area contributed by atoms with Crippen molar-refractivity contribution >= 4 is 29.1 Å². The van der Waals surface area contributed by atoms with Gasteiger partial charge in [-0.05, 0) is 32.9 Å². The van der Waals surface area contributed by atoms with Gasteiger partial charge in [-0.25, -0.2) is 19.3 Å². The van der Waals surface area contributed by atoms with Crippen molar-refractivity contribution in [2.45, 2.75) is 45.9 Å². The van der Waals surface area contributed by atoms with E-state index in [9.17, 15) is 14.0 Å². The lowest BCUT2D eigenvalue weighted by Gasteiger charge is -2.33. The zero-order valence-corrected chi connectivity index (χ0v) is 21.8. The number of hydrogen-bond acceptors (Lipinski definition) is 8. The summed E-state index contributed by atoms with van der Waals surface area (Å²) in [5, 5.41) is 2.87. The number of para-hydroxylation sites is 1. The molecule has 4 aromatic rings. The highest BCUT2D eigenvalue weighted by molar-refractivity contribution is 5.99. The Morgan fingerprint density at radius 3 is 2.72 bits per heavy atom. The summed E-state index contributed by atoms with van der Waals surface area (Å²) < 4.78 is 21.9. The fourth-order valence-electron chi connectivity index (χ4n) is 5.05. The number of halogens is 1. The summed E-state index contributed by atoms with van der Waals surface area (Å²) >= 11 is 0. The molecular formula is C27H27FN8O3. The smallest absolute Gasteiger partial charge is 0.268 e. The lowest BCUT2D eigenvalue weighted by molar-refractivity contribution is -0.125. The van der Waals surface area contributed by atoms with E-state index in [1.165, 1.54) is 11.0 Å². The van der Waals surface area contributed by atoms with E-state index in [4.69, 9.17) is 4.74 Å². The molecule has 3 aromatic heterocycles. The fraction of sp³-hybridized carbons (Fsp3) is 0.333. The highest BCUT2D eigenvalue weighted by atomic mass is 19.1. The lowest BCUT2D eigenvalue weighted by Crippen LogP contribution is -2.44. The number of carbonyl (C=O) groups excluding carboxylic acids is 2. The number of nitrogens with zero attached hydrogens (tertiary/aromatic N) is 7. The minimum absolute atomic E-state index is 0.0199. The minimum atomic E-state index is -0.817. The zero-order chi connectivity index (χ0) is 27.3. The normalized spacial score (nSPS) is 19.5. The molecule has 0 bridgehead atoms. The van der Waals surface area contributed by atoms with Gasteiger partial charge in [0.15, 0.2) is 23.3 Å². The van der Waals surface area contributed by atoms with Crippen molar-refractivity contribution in [2.24, 2.45) is 0 Å². The Kier molecular flexibility index (Phi) is 6.09. The molecule has 200 valence electrons. The van der Waals surface area contributed by atoms with E-state index in [2.05, 4.69) is 25.3 Å². The minimum Gasteiger partial charge on any atom is -0.476 e. The molecule has 1 saturated heterocycles. The Hall–Kier alpha value is -4.61. The maximum absolute atomic E-state index is 14.5.